The van der Waals surface area contributed by atoms with E-state index >= 15 is 0 Å². The third-order valence-corrected chi connectivity index (χ3v) is 4.38. The Balaban J connectivity index is 2.32. The molecule has 0 radical (unpaired) electrons. The first kappa shape index (κ1) is 15.3. The van der Waals surface area contributed by atoms with Crippen LogP contribution in [-0.4, -0.2) is 29.9 Å². The highest BCUT2D eigenvalue weighted by Crippen LogP contribution is 2.35. The number of carbonyl (C=O) groups is 2. The zero-order valence-electron chi connectivity index (χ0n) is 11.2. The molecule has 2 unspecified atom stereocenters. The van der Waals surface area contributed by atoms with Crippen LogP contribution in [0.25, 0.3) is 0 Å². The normalized spacial score (nSPS) is 20.1. The van der Waals surface area contributed by atoms with Gasteiger partial charge in [-0.25, -0.2) is 4.79 Å². The lowest BCUT2D eigenvalue weighted by molar-refractivity contribution is -0.150. The van der Waals surface area contributed by atoms with Crippen molar-refractivity contribution in [2.45, 2.75) is 31.8 Å². The zero-order valence-corrected chi connectivity index (χ0v) is 13.6. The van der Waals surface area contributed by atoms with Gasteiger partial charge in [-0.15, -0.1) is 0 Å². The summed E-state index contributed by atoms with van der Waals surface area (Å²) in [7, 11) is 1.33. The van der Waals surface area contributed by atoms with Crippen molar-refractivity contribution >= 4 is 39.4 Å². The molecule has 0 spiro atoms. The van der Waals surface area contributed by atoms with E-state index in [-0.39, 0.29) is 17.9 Å². The topological polar surface area (TPSA) is 46.6 Å². The van der Waals surface area contributed by atoms with Gasteiger partial charge in [0.25, 0.3) is 0 Å². The van der Waals surface area contributed by atoms with Crippen molar-refractivity contribution in [1.29, 1.82) is 0 Å². The summed E-state index contributed by atoms with van der Waals surface area (Å²) in [5, 5.41) is 0.565. The summed E-state index contributed by atoms with van der Waals surface area (Å²) >= 11 is 9.58. The molecule has 1 heterocycles. The predicted octanol–water partition coefficient (Wildman–Crippen LogP) is 3.33. The summed E-state index contributed by atoms with van der Waals surface area (Å²) in [5.41, 5.74) is 0.819. The van der Waals surface area contributed by atoms with E-state index in [1.165, 1.54) is 7.11 Å². The van der Waals surface area contributed by atoms with Gasteiger partial charge in [0.05, 0.1) is 13.2 Å². The Labute approximate surface area is 131 Å². The number of nitrogens with zero attached hydrogens (tertiary/aromatic N) is 1. The molecule has 2 atom stereocenters. The van der Waals surface area contributed by atoms with Gasteiger partial charge >= 0.3 is 5.97 Å². The van der Waals surface area contributed by atoms with Crippen molar-refractivity contribution in [3.63, 3.8) is 0 Å². The summed E-state index contributed by atoms with van der Waals surface area (Å²) in [6, 6.07) is 4.71. The van der Waals surface area contributed by atoms with E-state index in [1.54, 1.807) is 11.0 Å². The fraction of sp³-hybridized carbons (Fsp3) is 0.429. The van der Waals surface area contributed by atoms with Gasteiger partial charge in [0.1, 0.15) is 6.04 Å². The molecule has 2 rings (SSSR count). The second-order valence-electron chi connectivity index (χ2n) is 4.72. The van der Waals surface area contributed by atoms with Crippen LogP contribution in [0.3, 0.4) is 0 Å². The molecule has 1 saturated heterocycles. The maximum absolute atomic E-state index is 12.1. The molecule has 1 aromatic carbocycles. The number of methoxy groups -OCH3 is 1. The van der Waals surface area contributed by atoms with E-state index in [0.29, 0.717) is 17.9 Å². The number of hydrogen-bond donors (Lipinski definition) is 0. The number of rotatable bonds is 3. The van der Waals surface area contributed by atoms with Crippen LogP contribution in [0.5, 0.6) is 0 Å². The number of benzene rings is 1. The molecule has 20 heavy (non-hydrogen) atoms. The Kier molecular flexibility index (Phi) is 4.70. The van der Waals surface area contributed by atoms with Crippen molar-refractivity contribution in [2.75, 3.05) is 7.11 Å². The van der Waals surface area contributed by atoms with E-state index in [4.69, 9.17) is 16.3 Å². The average Bonchev–Trinajstić information content (AvgIpc) is 2.79. The van der Waals surface area contributed by atoms with Crippen LogP contribution in [0.1, 0.15) is 31.4 Å². The summed E-state index contributed by atoms with van der Waals surface area (Å²) in [4.78, 5) is 25.4. The molecule has 1 aromatic rings. The van der Waals surface area contributed by atoms with E-state index in [2.05, 4.69) is 15.9 Å². The van der Waals surface area contributed by atoms with Crippen LogP contribution in [0.4, 0.5) is 0 Å². The molecule has 4 nitrogen and oxygen atoms in total. The first-order valence-electron chi connectivity index (χ1n) is 6.29. The molecule has 108 valence electrons. The van der Waals surface area contributed by atoms with Crippen molar-refractivity contribution in [2.24, 2.45) is 0 Å². The van der Waals surface area contributed by atoms with Crippen molar-refractivity contribution in [3.8, 4) is 0 Å². The monoisotopic (exact) mass is 359 g/mol. The van der Waals surface area contributed by atoms with Crippen molar-refractivity contribution < 1.29 is 14.3 Å². The van der Waals surface area contributed by atoms with Crippen LogP contribution in [0, 0.1) is 0 Å². The molecule has 1 amide bonds. The number of carbonyl (C=O) groups excluding carboxylic acids is 2. The van der Waals surface area contributed by atoms with Gasteiger partial charge in [0, 0.05) is 15.9 Å². The van der Waals surface area contributed by atoms with Gasteiger partial charge < -0.3 is 9.64 Å². The summed E-state index contributed by atoms with van der Waals surface area (Å²) < 4.78 is 5.65. The lowest BCUT2D eigenvalue weighted by Crippen LogP contribution is -2.41. The number of ether oxygens (including phenoxy) is 1. The highest BCUT2D eigenvalue weighted by atomic mass is 79.9. The summed E-state index contributed by atoms with van der Waals surface area (Å²) in [6.07, 6.45) is 0.849. The quantitative estimate of drug-likeness (QED) is 0.777. The first-order chi connectivity index (χ1) is 9.45. The minimum absolute atomic E-state index is 0.0492. The van der Waals surface area contributed by atoms with Crippen LogP contribution in [0.2, 0.25) is 5.02 Å². The standard InChI is InChI=1S/C14H15BrClNO3/c1-8(10-4-3-9(15)7-11(10)16)17-12(14(19)20-2)5-6-13(17)18/h3-4,7-8,12H,5-6H2,1-2H3. The van der Waals surface area contributed by atoms with Gasteiger partial charge in [-0.2, -0.15) is 0 Å². The molecule has 0 aromatic heterocycles. The summed E-state index contributed by atoms with van der Waals surface area (Å²) in [5.74, 6) is -0.428. The first-order valence-corrected chi connectivity index (χ1v) is 7.46. The van der Waals surface area contributed by atoms with E-state index in [9.17, 15) is 9.59 Å². The number of hydrogen-bond acceptors (Lipinski definition) is 3. The Morgan fingerprint density at radius 2 is 2.25 bits per heavy atom. The fourth-order valence-corrected chi connectivity index (χ4v) is 3.38. The minimum Gasteiger partial charge on any atom is -0.467 e. The summed E-state index contributed by atoms with van der Waals surface area (Å²) in [6.45, 7) is 1.87. The smallest absolute Gasteiger partial charge is 0.328 e. The predicted molar refractivity (Wildman–Crippen MR) is 79.5 cm³/mol. The minimum atomic E-state index is -0.526. The maximum atomic E-state index is 12.1. The molecule has 1 aliphatic heterocycles. The second-order valence-corrected chi connectivity index (χ2v) is 6.04. The second kappa shape index (κ2) is 6.14. The van der Waals surface area contributed by atoms with Gasteiger partial charge in [-0.05, 0) is 31.0 Å². The van der Waals surface area contributed by atoms with Crippen molar-refractivity contribution in [1.82, 2.24) is 4.90 Å². The maximum Gasteiger partial charge on any atom is 0.328 e. The van der Waals surface area contributed by atoms with Gasteiger partial charge in [0.2, 0.25) is 5.91 Å². The molecule has 0 bridgehead atoms. The highest BCUT2D eigenvalue weighted by molar-refractivity contribution is 9.10. The zero-order chi connectivity index (χ0) is 14.9. The Morgan fingerprint density at radius 1 is 1.55 bits per heavy atom. The number of halogens is 2. The largest absolute Gasteiger partial charge is 0.467 e. The fourth-order valence-electron chi connectivity index (χ4n) is 2.55. The lowest BCUT2D eigenvalue weighted by Gasteiger charge is -2.30. The highest BCUT2D eigenvalue weighted by Gasteiger charge is 2.40. The molecule has 6 heteroatoms. The van der Waals surface area contributed by atoms with Gasteiger partial charge in [0.15, 0.2) is 0 Å². The average molecular weight is 361 g/mol. The van der Waals surface area contributed by atoms with Gasteiger partial charge in [-0.3, -0.25) is 4.79 Å². The molecule has 0 saturated carbocycles. The molecule has 0 N–H and O–H groups in total. The van der Waals surface area contributed by atoms with Crippen molar-refractivity contribution in [3.05, 3.63) is 33.3 Å². The molecule has 1 fully saturated rings. The van der Waals surface area contributed by atoms with Crippen LogP contribution >= 0.6 is 27.5 Å². The third-order valence-electron chi connectivity index (χ3n) is 3.56. The van der Waals surface area contributed by atoms with Crippen LogP contribution < -0.4 is 0 Å². The Bertz CT molecular complexity index is 549. The van der Waals surface area contributed by atoms with E-state index in [1.807, 2.05) is 19.1 Å². The lowest BCUT2D eigenvalue weighted by atomic mass is 10.1. The number of likely N-dealkylation sites (tertiary alicyclic amines) is 1. The number of amides is 1. The molecular formula is C14H15BrClNO3. The molecule has 0 aliphatic carbocycles. The van der Waals surface area contributed by atoms with E-state index in [0.717, 1.165) is 10.0 Å². The Morgan fingerprint density at radius 3 is 2.85 bits per heavy atom. The van der Waals surface area contributed by atoms with Crippen LogP contribution in [-0.2, 0) is 14.3 Å². The third kappa shape index (κ3) is 2.83. The Hall–Kier alpha value is -1.07. The number of esters is 1. The van der Waals surface area contributed by atoms with E-state index < -0.39 is 6.04 Å². The van der Waals surface area contributed by atoms with Gasteiger partial charge in [-0.1, -0.05) is 33.6 Å². The molecular weight excluding hydrogens is 346 g/mol. The molecule has 1 aliphatic rings. The van der Waals surface area contributed by atoms with Crippen LogP contribution in [0.15, 0.2) is 22.7 Å². The SMILES string of the molecule is COC(=O)C1CCC(=O)N1C(C)c1ccc(Br)cc1Cl.